The van der Waals surface area contributed by atoms with Gasteiger partial charge in [0.05, 0.1) is 6.54 Å². The number of hydrogen-bond donors (Lipinski definition) is 2. The number of nitrogens with one attached hydrogen (secondary N) is 2. The van der Waals surface area contributed by atoms with E-state index in [2.05, 4.69) is 52.0 Å². The van der Waals surface area contributed by atoms with Gasteiger partial charge in [0.1, 0.15) is 0 Å². The number of aliphatic imine (C=N–C) groups is 1. The Morgan fingerprint density at radius 1 is 1.44 bits per heavy atom. The molecule has 0 saturated heterocycles. The summed E-state index contributed by atoms with van der Waals surface area (Å²) in [7, 11) is 3.91. The van der Waals surface area contributed by atoms with Crippen LogP contribution in [0.5, 0.6) is 0 Å². The molecule has 0 radical (unpaired) electrons. The first-order chi connectivity index (χ1) is 8.26. The van der Waals surface area contributed by atoms with Gasteiger partial charge in [-0.2, -0.15) is 0 Å². The predicted octanol–water partition coefficient (Wildman–Crippen LogP) is 1.98. The third-order valence-electron chi connectivity index (χ3n) is 2.56. The van der Waals surface area contributed by atoms with Gasteiger partial charge < -0.3 is 15.5 Å². The van der Waals surface area contributed by atoms with Gasteiger partial charge in [-0.1, -0.05) is 13.0 Å². The number of hydrogen-bond acceptors (Lipinski definition) is 3. The first kappa shape index (κ1) is 17.7. The fourth-order valence-corrected chi connectivity index (χ4v) is 1.97. The smallest absolute Gasteiger partial charge is 0.191 e. The minimum Gasteiger partial charge on any atom is -0.355 e. The summed E-state index contributed by atoms with van der Waals surface area (Å²) in [6.45, 7) is 6.00. The molecule has 6 heteroatoms. The monoisotopic (exact) mass is 382 g/mol. The Morgan fingerprint density at radius 2 is 2.22 bits per heavy atom. The van der Waals surface area contributed by atoms with Gasteiger partial charge in [0.15, 0.2) is 5.96 Å². The molecule has 0 unspecified atom stereocenters. The molecule has 0 fully saturated rings. The maximum absolute atomic E-state index is 4.19. The Kier molecular flexibility index (Phi) is 10.4. The van der Waals surface area contributed by atoms with Gasteiger partial charge in [-0.3, -0.25) is 4.99 Å². The second kappa shape index (κ2) is 10.6. The van der Waals surface area contributed by atoms with Crippen molar-refractivity contribution in [3.05, 3.63) is 22.4 Å². The van der Waals surface area contributed by atoms with Crippen LogP contribution >= 0.6 is 35.3 Å². The lowest BCUT2D eigenvalue weighted by Gasteiger charge is -2.16. The van der Waals surface area contributed by atoms with Crippen LogP contribution in [0.4, 0.5) is 0 Å². The van der Waals surface area contributed by atoms with E-state index in [1.54, 1.807) is 18.4 Å². The summed E-state index contributed by atoms with van der Waals surface area (Å²) >= 11 is 1.75. The highest BCUT2D eigenvalue weighted by atomic mass is 127. The molecule has 0 aliphatic rings. The van der Waals surface area contributed by atoms with E-state index in [4.69, 9.17) is 0 Å². The lowest BCUT2D eigenvalue weighted by atomic mass is 10.4. The molecular weight excluding hydrogens is 359 g/mol. The highest BCUT2D eigenvalue weighted by molar-refractivity contribution is 14.0. The molecular formula is C12H23IN4S. The molecule has 0 aromatic carbocycles. The zero-order chi connectivity index (χ0) is 12.5. The molecule has 1 aromatic rings. The zero-order valence-corrected chi connectivity index (χ0v) is 14.4. The Balaban J connectivity index is 0.00000289. The van der Waals surface area contributed by atoms with Crippen LogP contribution in [0.2, 0.25) is 0 Å². The van der Waals surface area contributed by atoms with Crippen molar-refractivity contribution in [3.63, 3.8) is 0 Å². The van der Waals surface area contributed by atoms with Crippen molar-refractivity contribution in [2.75, 3.05) is 33.7 Å². The summed E-state index contributed by atoms with van der Waals surface area (Å²) in [6.07, 6.45) is 0. The van der Waals surface area contributed by atoms with Crippen molar-refractivity contribution >= 4 is 41.3 Å². The summed E-state index contributed by atoms with van der Waals surface area (Å²) in [6, 6.07) is 4.18. The molecule has 4 nitrogen and oxygen atoms in total. The summed E-state index contributed by atoms with van der Waals surface area (Å²) in [4.78, 5) is 7.77. The van der Waals surface area contributed by atoms with E-state index < -0.39 is 0 Å². The normalized spacial score (nSPS) is 11.2. The highest BCUT2D eigenvalue weighted by Crippen LogP contribution is 2.06. The minimum atomic E-state index is 0. The number of rotatable bonds is 6. The topological polar surface area (TPSA) is 39.7 Å². The van der Waals surface area contributed by atoms with Crippen molar-refractivity contribution in [3.8, 4) is 0 Å². The standard InChI is InChI=1S/C12H22N4S.HI/c1-4-16(3)8-7-14-12(13-2)15-10-11-6-5-9-17-11;/h5-6,9H,4,7-8,10H2,1-3H3,(H2,13,14,15);1H. The Hall–Kier alpha value is -0.340. The van der Waals surface area contributed by atoms with E-state index in [1.165, 1.54) is 4.88 Å². The van der Waals surface area contributed by atoms with E-state index >= 15 is 0 Å². The largest absolute Gasteiger partial charge is 0.355 e. The van der Waals surface area contributed by atoms with Crippen LogP contribution in [0.3, 0.4) is 0 Å². The maximum atomic E-state index is 4.19. The van der Waals surface area contributed by atoms with Crippen molar-refractivity contribution < 1.29 is 0 Å². The average molecular weight is 382 g/mol. The summed E-state index contributed by atoms with van der Waals surface area (Å²) in [5, 5.41) is 8.68. The third-order valence-corrected chi connectivity index (χ3v) is 3.44. The lowest BCUT2D eigenvalue weighted by molar-refractivity contribution is 0.357. The maximum Gasteiger partial charge on any atom is 0.191 e. The van der Waals surface area contributed by atoms with Crippen molar-refractivity contribution in [1.29, 1.82) is 0 Å². The van der Waals surface area contributed by atoms with Crippen LogP contribution in [-0.4, -0.2) is 44.6 Å². The highest BCUT2D eigenvalue weighted by Gasteiger charge is 1.99. The van der Waals surface area contributed by atoms with Gasteiger partial charge in [-0.05, 0) is 25.0 Å². The van der Waals surface area contributed by atoms with Gasteiger partial charge in [0.2, 0.25) is 0 Å². The van der Waals surface area contributed by atoms with E-state index in [-0.39, 0.29) is 24.0 Å². The van der Waals surface area contributed by atoms with Crippen LogP contribution in [0.15, 0.2) is 22.5 Å². The number of thiophene rings is 1. The Labute approximate surface area is 131 Å². The fraction of sp³-hybridized carbons (Fsp3) is 0.583. The first-order valence-corrected chi connectivity index (χ1v) is 6.79. The Morgan fingerprint density at radius 3 is 2.78 bits per heavy atom. The number of guanidine groups is 1. The second-order valence-corrected chi connectivity index (χ2v) is 4.86. The van der Waals surface area contributed by atoms with Crippen molar-refractivity contribution in [1.82, 2.24) is 15.5 Å². The van der Waals surface area contributed by atoms with Crippen LogP contribution in [-0.2, 0) is 6.54 Å². The average Bonchev–Trinajstić information content (AvgIpc) is 2.86. The molecule has 0 amide bonds. The predicted molar refractivity (Wildman–Crippen MR) is 91.1 cm³/mol. The van der Waals surface area contributed by atoms with E-state index in [1.807, 2.05) is 0 Å². The second-order valence-electron chi connectivity index (χ2n) is 3.83. The summed E-state index contributed by atoms with van der Waals surface area (Å²) in [5.74, 6) is 0.864. The fourth-order valence-electron chi connectivity index (χ4n) is 1.33. The first-order valence-electron chi connectivity index (χ1n) is 5.91. The van der Waals surface area contributed by atoms with Crippen LogP contribution in [0.25, 0.3) is 0 Å². The lowest BCUT2D eigenvalue weighted by Crippen LogP contribution is -2.40. The van der Waals surface area contributed by atoms with Gasteiger partial charge >= 0.3 is 0 Å². The van der Waals surface area contributed by atoms with Crippen LogP contribution < -0.4 is 10.6 Å². The molecule has 1 rings (SSSR count). The SMILES string of the molecule is CCN(C)CCNC(=NC)NCc1cccs1.I. The molecule has 0 spiro atoms. The molecule has 0 bridgehead atoms. The molecule has 0 saturated carbocycles. The Bertz CT molecular complexity index is 327. The molecule has 1 heterocycles. The van der Waals surface area contributed by atoms with Crippen LogP contribution in [0, 0.1) is 0 Å². The zero-order valence-electron chi connectivity index (χ0n) is 11.3. The van der Waals surface area contributed by atoms with Gasteiger partial charge in [0, 0.05) is 25.0 Å². The molecule has 0 atom stereocenters. The molecule has 1 aromatic heterocycles. The van der Waals surface area contributed by atoms with E-state index in [9.17, 15) is 0 Å². The molecule has 18 heavy (non-hydrogen) atoms. The van der Waals surface area contributed by atoms with Crippen LogP contribution in [0.1, 0.15) is 11.8 Å². The van der Waals surface area contributed by atoms with Crippen molar-refractivity contribution in [2.45, 2.75) is 13.5 Å². The third kappa shape index (κ3) is 7.17. The molecule has 104 valence electrons. The minimum absolute atomic E-state index is 0. The van der Waals surface area contributed by atoms with Gasteiger partial charge in [-0.25, -0.2) is 0 Å². The molecule has 0 aliphatic carbocycles. The van der Waals surface area contributed by atoms with E-state index in [0.717, 1.165) is 32.1 Å². The van der Waals surface area contributed by atoms with E-state index in [0.29, 0.717) is 0 Å². The van der Waals surface area contributed by atoms with Gasteiger partial charge in [0.25, 0.3) is 0 Å². The van der Waals surface area contributed by atoms with Crippen molar-refractivity contribution in [2.24, 2.45) is 4.99 Å². The number of likely N-dealkylation sites (N-methyl/N-ethyl adjacent to an activating group) is 1. The van der Waals surface area contributed by atoms with Gasteiger partial charge in [-0.15, -0.1) is 35.3 Å². The molecule has 0 aliphatic heterocycles. The molecule has 2 N–H and O–H groups in total. The number of nitrogens with zero attached hydrogens (tertiary/aromatic N) is 2. The summed E-state index contributed by atoms with van der Waals surface area (Å²) in [5.41, 5.74) is 0. The summed E-state index contributed by atoms with van der Waals surface area (Å²) < 4.78 is 0. The quantitative estimate of drug-likeness (QED) is 0.449. The number of halogens is 1.